The molecule has 0 radical (unpaired) electrons. The molecule has 2 aromatic carbocycles. The van der Waals surface area contributed by atoms with E-state index in [0.717, 1.165) is 28.5 Å². The van der Waals surface area contributed by atoms with E-state index in [1.807, 2.05) is 11.0 Å². The maximum Gasteiger partial charge on any atom is 0.412 e. The van der Waals surface area contributed by atoms with E-state index in [1.54, 1.807) is 20.8 Å². The van der Waals surface area contributed by atoms with Crippen LogP contribution in [0.25, 0.3) is 32.1 Å². The predicted molar refractivity (Wildman–Crippen MR) is 206 cm³/mol. The molecule has 55 heavy (non-hydrogen) atoms. The van der Waals surface area contributed by atoms with Gasteiger partial charge in [-0.1, -0.05) is 42.0 Å². The number of hydrogen-bond donors (Lipinski definition) is 2. The van der Waals surface area contributed by atoms with E-state index in [4.69, 9.17) is 26.1 Å². The Kier molecular flexibility index (Phi) is 8.94. The third-order valence-corrected chi connectivity index (χ3v) is 12.2. The number of anilines is 2. The number of carboxylic acid groups (broad SMARTS) is 1. The average Bonchev–Trinajstić information content (AvgIpc) is 3.79. The summed E-state index contributed by atoms with van der Waals surface area (Å²) in [6.07, 6.45) is 0.940. The lowest BCUT2D eigenvalue weighted by molar-refractivity contribution is 0.0636. The third kappa shape index (κ3) is 6.39. The number of amides is 2. The summed E-state index contributed by atoms with van der Waals surface area (Å²) in [7, 11) is 0. The van der Waals surface area contributed by atoms with E-state index in [-0.39, 0.29) is 77.9 Å². The van der Waals surface area contributed by atoms with Crippen LogP contribution in [0.2, 0.25) is 5.02 Å². The minimum Gasteiger partial charge on any atom is -0.465 e. The summed E-state index contributed by atoms with van der Waals surface area (Å²) < 4.78 is 44.5. The van der Waals surface area contributed by atoms with E-state index in [1.165, 1.54) is 17.0 Å². The van der Waals surface area contributed by atoms with Gasteiger partial charge in [0.05, 0.1) is 32.9 Å². The Morgan fingerprint density at radius 3 is 2.44 bits per heavy atom. The highest BCUT2D eigenvalue weighted by Crippen LogP contribution is 2.48. The first-order chi connectivity index (χ1) is 26.1. The fraction of sp³-hybridized carbons (Fsp3) is 0.410. The Balaban J connectivity index is 1.26. The first-order valence-electron chi connectivity index (χ1n) is 17.9. The quantitative estimate of drug-likeness (QED) is 0.183. The Hall–Kier alpha value is -5.04. The Morgan fingerprint density at radius 2 is 1.82 bits per heavy atom. The van der Waals surface area contributed by atoms with E-state index >= 15 is 8.78 Å². The van der Waals surface area contributed by atoms with Gasteiger partial charge in [-0.15, -0.1) is 11.3 Å². The number of fused-ring (bicyclic) bond motifs is 5. The summed E-state index contributed by atoms with van der Waals surface area (Å²) in [5.74, 6) is -1.18. The highest BCUT2D eigenvalue weighted by atomic mass is 35.5. The first-order valence-corrected chi connectivity index (χ1v) is 19.1. The van der Waals surface area contributed by atoms with Gasteiger partial charge in [0, 0.05) is 42.5 Å². The summed E-state index contributed by atoms with van der Waals surface area (Å²) in [5.41, 5.74) is 0.705. The number of nitrogens with zero attached hydrogens (tertiary/aromatic N) is 6. The van der Waals surface area contributed by atoms with Crippen LogP contribution in [-0.4, -0.2) is 93.1 Å². The largest absolute Gasteiger partial charge is 0.465 e. The van der Waals surface area contributed by atoms with Crippen LogP contribution < -0.4 is 15.0 Å². The summed E-state index contributed by atoms with van der Waals surface area (Å²) in [4.78, 5) is 39.9. The molecule has 6 heterocycles. The Bertz CT molecular complexity index is 2360. The molecule has 2 amide bonds. The van der Waals surface area contributed by atoms with Crippen molar-refractivity contribution < 1.29 is 33.0 Å². The van der Waals surface area contributed by atoms with Crippen LogP contribution in [0.4, 0.5) is 29.2 Å². The van der Waals surface area contributed by atoms with Gasteiger partial charge >= 0.3 is 18.2 Å². The monoisotopic (exact) mass is 789 g/mol. The van der Waals surface area contributed by atoms with Crippen LogP contribution in [0.1, 0.15) is 52.0 Å². The molecule has 16 heteroatoms. The number of thiophene rings is 1. The third-order valence-electron chi connectivity index (χ3n) is 10.8. The van der Waals surface area contributed by atoms with E-state index in [9.17, 15) is 20.0 Å². The maximum absolute atomic E-state index is 17.4. The first kappa shape index (κ1) is 36.9. The average molecular weight is 790 g/mol. The standard InChI is InChI=1S/C39H38ClF2N7O5S/c1-19-11-39(12-20(2)15-48(39)14-19)18-53-35-44-31-24(33(45-35)47-16-21-6-7-22(17-47)49(21)37(51)52)10-26(40)29(30(31)42)23-8-9-27(41)32-28(23)25(13-43)34(55-32)46-36(50)54-38(3,4)5/h8-10,21-22H,1-2,6-7,11-12,14-18H2,3-5H3,(H,46,50)(H,51,52)/t21-,22+. The second-order valence-electron chi connectivity index (χ2n) is 15.8. The van der Waals surface area contributed by atoms with Crippen molar-refractivity contribution in [2.75, 3.05) is 43.0 Å². The van der Waals surface area contributed by atoms with Gasteiger partial charge in [-0.2, -0.15) is 15.2 Å². The number of benzene rings is 2. The molecule has 8 rings (SSSR count). The molecule has 4 aromatic rings. The smallest absolute Gasteiger partial charge is 0.412 e. The van der Waals surface area contributed by atoms with Gasteiger partial charge < -0.3 is 19.5 Å². The molecule has 4 aliphatic heterocycles. The van der Waals surface area contributed by atoms with Crippen LogP contribution in [0.5, 0.6) is 6.01 Å². The molecule has 4 aliphatic rings. The summed E-state index contributed by atoms with van der Waals surface area (Å²) >= 11 is 7.77. The number of aromatic nitrogens is 2. The van der Waals surface area contributed by atoms with Crippen molar-refractivity contribution in [1.29, 1.82) is 5.26 Å². The molecule has 0 unspecified atom stereocenters. The number of nitrogens with one attached hydrogen (secondary N) is 1. The fourth-order valence-electron chi connectivity index (χ4n) is 8.72. The van der Waals surface area contributed by atoms with Gasteiger partial charge in [-0.3, -0.25) is 15.1 Å². The summed E-state index contributed by atoms with van der Waals surface area (Å²) in [6, 6.07) is 5.43. The molecular formula is C39H38ClF2N7O5S. The number of carbonyl (C=O) groups excluding carboxylic acids is 1. The second-order valence-corrected chi connectivity index (χ2v) is 17.2. The van der Waals surface area contributed by atoms with Crippen molar-refractivity contribution in [1.82, 2.24) is 19.8 Å². The normalized spacial score (nSPS) is 20.7. The zero-order valence-electron chi connectivity index (χ0n) is 30.5. The second kappa shape index (κ2) is 13.3. The molecular weight excluding hydrogens is 752 g/mol. The molecule has 0 spiro atoms. The van der Waals surface area contributed by atoms with Crippen molar-refractivity contribution in [3.8, 4) is 23.2 Å². The van der Waals surface area contributed by atoms with Crippen LogP contribution in [0.3, 0.4) is 0 Å². The van der Waals surface area contributed by atoms with Crippen LogP contribution >= 0.6 is 22.9 Å². The minimum absolute atomic E-state index is 0.00922. The lowest BCUT2D eigenvalue weighted by Gasteiger charge is -2.40. The Labute approximate surface area is 324 Å². The molecule has 4 saturated heterocycles. The van der Waals surface area contributed by atoms with Gasteiger partial charge in [0.1, 0.15) is 40.4 Å². The molecule has 0 saturated carbocycles. The van der Waals surface area contributed by atoms with Crippen molar-refractivity contribution in [3.05, 3.63) is 64.7 Å². The highest BCUT2D eigenvalue weighted by Gasteiger charge is 2.48. The van der Waals surface area contributed by atoms with Crippen molar-refractivity contribution in [3.63, 3.8) is 0 Å². The number of halogens is 3. The fourth-order valence-corrected chi connectivity index (χ4v) is 10.1. The van der Waals surface area contributed by atoms with Crippen LogP contribution in [0.15, 0.2) is 42.5 Å². The van der Waals surface area contributed by atoms with Gasteiger partial charge in [-0.25, -0.2) is 18.4 Å². The van der Waals surface area contributed by atoms with Gasteiger partial charge in [0.25, 0.3) is 0 Å². The number of rotatable bonds is 6. The molecule has 12 nitrogen and oxygen atoms in total. The zero-order chi connectivity index (χ0) is 39.1. The minimum atomic E-state index is -0.984. The highest BCUT2D eigenvalue weighted by molar-refractivity contribution is 7.23. The molecule has 2 N–H and O–H groups in total. The topological polar surface area (TPSA) is 144 Å². The summed E-state index contributed by atoms with van der Waals surface area (Å²) in [5, 5.41) is 23.1. The van der Waals surface area contributed by atoms with Gasteiger partial charge in [0.15, 0.2) is 5.82 Å². The van der Waals surface area contributed by atoms with Gasteiger partial charge in [0.2, 0.25) is 0 Å². The number of hydrogen-bond acceptors (Lipinski definition) is 10. The van der Waals surface area contributed by atoms with E-state index < -0.39 is 29.4 Å². The van der Waals surface area contributed by atoms with Crippen molar-refractivity contribution >= 4 is 66.9 Å². The zero-order valence-corrected chi connectivity index (χ0v) is 32.0. The van der Waals surface area contributed by atoms with Crippen molar-refractivity contribution in [2.45, 2.75) is 69.7 Å². The maximum atomic E-state index is 17.4. The molecule has 286 valence electrons. The Morgan fingerprint density at radius 1 is 1.15 bits per heavy atom. The van der Waals surface area contributed by atoms with Gasteiger partial charge in [-0.05, 0) is 64.2 Å². The molecule has 4 fully saturated rings. The lowest BCUT2D eigenvalue weighted by atomic mass is 9.92. The molecule has 2 atom stereocenters. The van der Waals surface area contributed by atoms with E-state index in [2.05, 4.69) is 28.4 Å². The lowest BCUT2D eigenvalue weighted by Crippen LogP contribution is -2.55. The summed E-state index contributed by atoms with van der Waals surface area (Å²) in [6.45, 7) is 15.7. The number of nitriles is 1. The SMILES string of the molecule is C=C1CN2CC(=C)CC2(COc2nc(N3C[C@H]4CC[C@@H](C3)N4C(=O)O)c3cc(Cl)c(-c4ccc(F)c5sc(NC(=O)OC(C)(C)C)c(C#N)c45)c(F)c3n2)C1. The number of ether oxygens (including phenoxy) is 2. The predicted octanol–water partition coefficient (Wildman–Crippen LogP) is 8.33. The molecule has 2 bridgehead atoms. The number of piperazine rings is 1. The molecule has 0 aliphatic carbocycles. The van der Waals surface area contributed by atoms with E-state index in [0.29, 0.717) is 57.7 Å². The van der Waals surface area contributed by atoms with Crippen molar-refractivity contribution in [2.24, 2.45) is 0 Å². The number of carbonyl (C=O) groups is 2. The van der Waals surface area contributed by atoms with Crippen LogP contribution in [0, 0.1) is 23.0 Å². The van der Waals surface area contributed by atoms with Crippen LogP contribution in [-0.2, 0) is 4.74 Å². The molecule has 2 aromatic heterocycles.